The zero-order valence-corrected chi connectivity index (χ0v) is 9.27. The largest absolute Gasteiger partial charge is 0.363 e. The Kier molecular flexibility index (Phi) is 1.91. The molecule has 1 aliphatic carbocycles. The number of aromatic nitrogens is 3. The maximum absolute atomic E-state index is 5.77. The van der Waals surface area contributed by atoms with Gasteiger partial charge in [0.2, 0.25) is 0 Å². The highest BCUT2D eigenvalue weighted by Crippen LogP contribution is 2.37. The van der Waals surface area contributed by atoms with Crippen molar-refractivity contribution in [3.8, 4) is 0 Å². The van der Waals surface area contributed by atoms with Gasteiger partial charge in [0, 0.05) is 6.54 Å². The number of hydrogen-bond acceptors (Lipinski definition) is 4. The van der Waals surface area contributed by atoms with E-state index in [4.69, 9.17) is 5.73 Å². The van der Waals surface area contributed by atoms with E-state index in [1.165, 1.54) is 5.56 Å². The highest BCUT2D eigenvalue weighted by atomic mass is 15.3. The van der Waals surface area contributed by atoms with Gasteiger partial charge < -0.3 is 11.1 Å². The normalized spacial score (nSPS) is 17.6. The van der Waals surface area contributed by atoms with Gasteiger partial charge in [0.25, 0.3) is 0 Å². The lowest BCUT2D eigenvalue weighted by atomic mass is 10.2. The van der Waals surface area contributed by atoms with Crippen LogP contribution < -0.4 is 11.1 Å². The molecule has 2 aromatic heterocycles. The molecule has 2 aromatic rings. The van der Waals surface area contributed by atoms with Crippen LogP contribution in [0.5, 0.6) is 0 Å². The molecule has 3 N–H and O–H groups in total. The highest BCUT2D eigenvalue weighted by molar-refractivity contribution is 5.53. The first kappa shape index (κ1) is 9.59. The Hall–Kier alpha value is -1.62. The first-order valence-corrected chi connectivity index (χ1v) is 5.51. The summed E-state index contributed by atoms with van der Waals surface area (Å²) in [6.45, 7) is 2.72. The van der Waals surface area contributed by atoms with Gasteiger partial charge in [-0.05, 0) is 37.5 Å². The third-order valence-electron chi connectivity index (χ3n) is 3.16. The summed E-state index contributed by atoms with van der Waals surface area (Å²) in [7, 11) is 0. The van der Waals surface area contributed by atoms with E-state index in [0.717, 1.165) is 24.3 Å². The monoisotopic (exact) mass is 217 g/mol. The SMILES string of the molecule is Cc1cc(NC2(CN)CC2)n2ncnc2c1. The van der Waals surface area contributed by atoms with Crippen LogP contribution in [0.25, 0.3) is 5.65 Å². The molecule has 0 spiro atoms. The zero-order chi connectivity index (χ0) is 11.2. The summed E-state index contributed by atoms with van der Waals surface area (Å²) in [5, 5.41) is 7.69. The molecular formula is C11H15N5. The van der Waals surface area contributed by atoms with Crippen molar-refractivity contribution in [1.82, 2.24) is 14.6 Å². The number of nitrogens with two attached hydrogens (primary N) is 1. The van der Waals surface area contributed by atoms with Crippen molar-refractivity contribution in [2.45, 2.75) is 25.3 Å². The quantitative estimate of drug-likeness (QED) is 0.803. The lowest BCUT2D eigenvalue weighted by Crippen LogP contribution is -2.31. The molecule has 1 fully saturated rings. The number of nitrogens with zero attached hydrogens (tertiary/aromatic N) is 3. The van der Waals surface area contributed by atoms with Gasteiger partial charge in [0.05, 0.1) is 5.54 Å². The number of nitrogens with one attached hydrogen (secondary N) is 1. The molecule has 84 valence electrons. The van der Waals surface area contributed by atoms with Crippen LogP contribution in [0.4, 0.5) is 5.82 Å². The van der Waals surface area contributed by atoms with Crippen molar-refractivity contribution in [3.63, 3.8) is 0 Å². The fourth-order valence-corrected chi connectivity index (χ4v) is 1.95. The van der Waals surface area contributed by atoms with E-state index in [1.807, 2.05) is 10.6 Å². The van der Waals surface area contributed by atoms with Gasteiger partial charge in [-0.15, -0.1) is 0 Å². The number of hydrogen-bond donors (Lipinski definition) is 2. The van der Waals surface area contributed by atoms with Crippen molar-refractivity contribution < 1.29 is 0 Å². The maximum Gasteiger partial charge on any atom is 0.157 e. The highest BCUT2D eigenvalue weighted by Gasteiger charge is 2.41. The van der Waals surface area contributed by atoms with Crippen LogP contribution in [0.1, 0.15) is 18.4 Å². The van der Waals surface area contributed by atoms with Crippen LogP contribution in [-0.4, -0.2) is 26.7 Å². The summed E-state index contributed by atoms with van der Waals surface area (Å²) in [4.78, 5) is 4.20. The van der Waals surface area contributed by atoms with Crippen LogP contribution in [0.3, 0.4) is 0 Å². The Bertz CT molecular complexity index is 526. The third-order valence-corrected chi connectivity index (χ3v) is 3.16. The second-order valence-electron chi connectivity index (χ2n) is 4.56. The summed E-state index contributed by atoms with van der Waals surface area (Å²) in [6.07, 6.45) is 3.84. The number of pyridine rings is 1. The average Bonchev–Trinajstić information content (AvgIpc) is 2.87. The Morgan fingerprint density at radius 3 is 3.00 bits per heavy atom. The number of rotatable bonds is 3. The van der Waals surface area contributed by atoms with Crippen LogP contribution in [0.15, 0.2) is 18.5 Å². The minimum absolute atomic E-state index is 0.0900. The standard InChI is InChI=1S/C11H15N5/c1-8-4-9-13-7-14-16(9)10(5-8)15-11(6-12)2-3-11/h4-5,7,15H,2-3,6,12H2,1H3. The molecule has 5 heteroatoms. The van der Waals surface area contributed by atoms with Gasteiger partial charge in [-0.25, -0.2) is 4.98 Å². The van der Waals surface area contributed by atoms with Crippen LogP contribution in [0, 0.1) is 6.92 Å². The summed E-state index contributed by atoms with van der Waals surface area (Å²) < 4.78 is 1.82. The van der Waals surface area contributed by atoms with Crippen molar-refractivity contribution in [1.29, 1.82) is 0 Å². The van der Waals surface area contributed by atoms with E-state index in [0.29, 0.717) is 6.54 Å². The van der Waals surface area contributed by atoms with Crippen LogP contribution >= 0.6 is 0 Å². The molecule has 3 rings (SSSR count). The van der Waals surface area contributed by atoms with Crippen LogP contribution in [0.2, 0.25) is 0 Å². The number of anilines is 1. The van der Waals surface area contributed by atoms with Gasteiger partial charge in [-0.2, -0.15) is 9.61 Å². The zero-order valence-electron chi connectivity index (χ0n) is 9.27. The molecular weight excluding hydrogens is 202 g/mol. The van der Waals surface area contributed by atoms with Crippen molar-refractivity contribution in [3.05, 3.63) is 24.0 Å². The molecule has 5 nitrogen and oxygen atoms in total. The number of aryl methyl sites for hydroxylation is 1. The molecule has 0 aliphatic heterocycles. The lowest BCUT2D eigenvalue weighted by Gasteiger charge is -2.17. The van der Waals surface area contributed by atoms with Crippen molar-refractivity contribution in [2.24, 2.45) is 5.73 Å². The topological polar surface area (TPSA) is 68.2 Å². The van der Waals surface area contributed by atoms with Crippen molar-refractivity contribution >= 4 is 11.5 Å². The number of fused-ring (bicyclic) bond motifs is 1. The second kappa shape index (κ2) is 3.18. The van der Waals surface area contributed by atoms with E-state index in [-0.39, 0.29) is 5.54 Å². The van der Waals surface area contributed by atoms with E-state index in [2.05, 4.69) is 28.4 Å². The Morgan fingerprint density at radius 2 is 2.31 bits per heavy atom. The van der Waals surface area contributed by atoms with E-state index in [1.54, 1.807) is 6.33 Å². The smallest absolute Gasteiger partial charge is 0.157 e. The predicted molar refractivity (Wildman–Crippen MR) is 62.4 cm³/mol. The molecule has 0 saturated heterocycles. The minimum atomic E-state index is 0.0900. The fraction of sp³-hybridized carbons (Fsp3) is 0.455. The van der Waals surface area contributed by atoms with E-state index in [9.17, 15) is 0 Å². The van der Waals surface area contributed by atoms with Gasteiger partial charge in [-0.3, -0.25) is 0 Å². The predicted octanol–water partition coefficient (Wildman–Crippen LogP) is 0.941. The Balaban J connectivity index is 2.05. The lowest BCUT2D eigenvalue weighted by molar-refractivity contribution is 0.728. The summed E-state index contributed by atoms with van der Waals surface area (Å²) in [5.41, 5.74) is 7.90. The molecule has 0 atom stereocenters. The fourth-order valence-electron chi connectivity index (χ4n) is 1.95. The molecule has 0 aromatic carbocycles. The first-order valence-electron chi connectivity index (χ1n) is 5.51. The van der Waals surface area contributed by atoms with E-state index < -0.39 is 0 Å². The molecule has 0 amide bonds. The molecule has 0 bridgehead atoms. The minimum Gasteiger partial charge on any atom is -0.363 e. The van der Waals surface area contributed by atoms with Crippen LogP contribution in [-0.2, 0) is 0 Å². The third kappa shape index (κ3) is 1.44. The maximum atomic E-state index is 5.77. The molecule has 2 heterocycles. The molecule has 0 unspecified atom stereocenters. The van der Waals surface area contributed by atoms with Gasteiger partial charge in [0.15, 0.2) is 5.65 Å². The summed E-state index contributed by atoms with van der Waals surface area (Å²) in [5.74, 6) is 0.982. The molecule has 16 heavy (non-hydrogen) atoms. The van der Waals surface area contributed by atoms with Gasteiger partial charge >= 0.3 is 0 Å². The Labute approximate surface area is 93.7 Å². The second-order valence-corrected chi connectivity index (χ2v) is 4.56. The average molecular weight is 217 g/mol. The summed E-state index contributed by atoms with van der Waals surface area (Å²) in [6, 6.07) is 4.09. The summed E-state index contributed by atoms with van der Waals surface area (Å²) >= 11 is 0. The van der Waals surface area contributed by atoms with Gasteiger partial charge in [0.1, 0.15) is 12.1 Å². The molecule has 0 radical (unpaired) electrons. The van der Waals surface area contributed by atoms with Crippen molar-refractivity contribution in [2.75, 3.05) is 11.9 Å². The molecule has 1 aliphatic rings. The van der Waals surface area contributed by atoms with E-state index >= 15 is 0 Å². The molecule has 1 saturated carbocycles. The van der Waals surface area contributed by atoms with Gasteiger partial charge in [-0.1, -0.05) is 0 Å². The first-order chi connectivity index (χ1) is 7.72. The Morgan fingerprint density at radius 1 is 1.50 bits per heavy atom.